The van der Waals surface area contributed by atoms with Crippen molar-refractivity contribution in [1.29, 1.82) is 0 Å². The maximum absolute atomic E-state index is 12.8. The largest absolute Gasteiger partial charge is 0.342 e. The Labute approximate surface area is 159 Å². The molecule has 2 fully saturated rings. The molecule has 0 aliphatic carbocycles. The molecular formula is C20H25N5O2. The molecule has 3 heterocycles. The van der Waals surface area contributed by atoms with E-state index in [1.807, 2.05) is 21.9 Å². The maximum Gasteiger partial charge on any atom is 0.254 e. The molecule has 0 unspecified atom stereocenters. The molecule has 7 heteroatoms. The number of rotatable bonds is 3. The van der Waals surface area contributed by atoms with E-state index in [0.29, 0.717) is 25.2 Å². The Morgan fingerprint density at radius 2 is 1.52 bits per heavy atom. The fourth-order valence-electron chi connectivity index (χ4n) is 3.82. The van der Waals surface area contributed by atoms with E-state index in [2.05, 4.69) is 14.9 Å². The van der Waals surface area contributed by atoms with Crippen LogP contribution < -0.4 is 0 Å². The summed E-state index contributed by atoms with van der Waals surface area (Å²) in [5, 5.41) is 0. The second kappa shape index (κ2) is 8.00. The predicted molar refractivity (Wildman–Crippen MR) is 102 cm³/mol. The third-order valence-corrected chi connectivity index (χ3v) is 5.44. The predicted octanol–water partition coefficient (Wildman–Crippen LogP) is 1.40. The fraction of sp³-hybridized carbons (Fsp3) is 0.500. The number of likely N-dealkylation sites (tertiary alicyclic amines) is 1. The van der Waals surface area contributed by atoms with Crippen molar-refractivity contribution in [1.82, 2.24) is 24.7 Å². The van der Waals surface area contributed by atoms with Crippen LogP contribution in [-0.4, -0.2) is 82.3 Å². The van der Waals surface area contributed by atoms with Gasteiger partial charge in [-0.2, -0.15) is 0 Å². The molecule has 7 nitrogen and oxygen atoms in total. The van der Waals surface area contributed by atoms with E-state index in [1.54, 1.807) is 18.5 Å². The van der Waals surface area contributed by atoms with Gasteiger partial charge >= 0.3 is 0 Å². The molecule has 0 atom stereocenters. The highest BCUT2D eigenvalue weighted by Crippen LogP contribution is 2.15. The third-order valence-electron chi connectivity index (χ3n) is 5.44. The van der Waals surface area contributed by atoms with Gasteiger partial charge in [-0.15, -0.1) is 0 Å². The van der Waals surface area contributed by atoms with Crippen LogP contribution in [0.3, 0.4) is 0 Å². The van der Waals surface area contributed by atoms with Crippen molar-refractivity contribution < 1.29 is 9.59 Å². The Kier molecular flexibility index (Phi) is 5.29. The van der Waals surface area contributed by atoms with Gasteiger partial charge in [0.25, 0.3) is 5.91 Å². The first-order valence-electron chi connectivity index (χ1n) is 9.71. The van der Waals surface area contributed by atoms with Crippen molar-refractivity contribution in [2.24, 2.45) is 0 Å². The summed E-state index contributed by atoms with van der Waals surface area (Å²) in [5.41, 5.74) is 2.16. The van der Waals surface area contributed by atoms with E-state index in [0.717, 1.165) is 50.1 Å². The molecule has 2 aromatic rings. The third kappa shape index (κ3) is 4.08. The number of amides is 2. The minimum Gasteiger partial charge on any atom is -0.342 e. The molecule has 0 spiro atoms. The minimum atomic E-state index is 0.0181. The minimum absolute atomic E-state index is 0.0181. The maximum atomic E-state index is 12.8. The van der Waals surface area contributed by atoms with Crippen LogP contribution in [0.25, 0.3) is 11.0 Å². The molecule has 27 heavy (non-hydrogen) atoms. The molecule has 0 N–H and O–H groups in total. The normalized spacial score (nSPS) is 18.7. The summed E-state index contributed by atoms with van der Waals surface area (Å²) in [6.45, 7) is 5.00. The molecule has 2 saturated heterocycles. The van der Waals surface area contributed by atoms with Crippen LogP contribution in [0, 0.1) is 0 Å². The van der Waals surface area contributed by atoms with Crippen molar-refractivity contribution in [3.63, 3.8) is 0 Å². The lowest BCUT2D eigenvalue weighted by atomic mass is 10.1. The van der Waals surface area contributed by atoms with E-state index in [4.69, 9.17) is 0 Å². The highest BCUT2D eigenvalue weighted by molar-refractivity contribution is 5.97. The Morgan fingerprint density at radius 1 is 0.815 bits per heavy atom. The number of aromatic nitrogens is 2. The number of hydrogen-bond donors (Lipinski definition) is 0. The molecule has 1 aromatic heterocycles. The van der Waals surface area contributed by atoms with Gasteiger partial charge in [0.2, 0.25) is 5.91 Å². The average molecular weight is 367 g/mol. The van der Waals surface area contributed by atoms with Gasteiger partial charge < -0.3 is 9.80 Å². The van der Waals surface area contributed by atoms with Crippen molar-refractivity contribution in [3.8, 4) is 0 Å². The molecule has 2 amide bonds. The lowest BCUT2D eigenvalue weighted by Gasteiger charge is -2.36. The van der Waals surface area contributed by atoms with E-state index in [-0.39, 0.29) is 11.8 Å². The molecular weight excluding hydrogens is 342 g/mol. The summed E-state index contributed by atoms with van der Waals surface area (Å²) in [4.78, 5) is 39.7. The van der Waals surface area contributed by atoms with Crippen LogP contribution in [0.1, 0.15) is 29.6 Å². The Balaban J connectivity index is 1.32. The summed E-state index contributed by atoms with van der Waals surface area (Å²) in [6, 6.07) is 5.45. The lowest BCUT2D eigenvalue weighted by Crippen LogP contribution is -2.52. The van der Waals surface area contributed by atoms with Gasteiger partial charge in [-0.25, -0.2) is 0 Å². The molecule has 1 aromatic carbocycles. The van der Waals surface area contributed by atoms with Crippen LogP contribution >= 0.6 is 0 Å². The van der Waals surface area contributed by atoms with Gasteiger partial charge in [-0.3, -0.25) is 24.5 Å². The molecule has 0 saturated carbocycles. The second-order valence-electron chi connectivity index (χ2n) is 7.27. The van der Waals surface area contributed by atoms with Gasteiger partial charge in [-0.05, 0) is 37.5 Å². The smallest absolute Gasteiger partial charge is 0.254 e. The average Bonchev–Trinajstić information content (AvgIpc) is 2.74. The Bertz CT molecular complexity index is 826. The molecule has 2 aliphatic heterocycles. The van der Waals surface area contributed by atoms with Gasteiger partial charge in [0.05, 0.1) is 17.6 Å². The standard InChI is InChI=1S/C20H25N5O2/c26-19(24-8-2-1-3-9-24)15-23-10-12-25(13-11-23)20(27)16-4-5-17-18(14-16)22-7-6-21-17/h4-7,14H,1-3,8-13,15H2. The number of piperazine rings is 1. The molecule has 2 aliphatic rings. The van der Waals surface area contributed by atoms with Crippen molar-refractivity contribution in [2.45, 2.75) is 19.3 Å². The second-order valence-corrected chi connectivity index (χ2v) is 7.27. The number of hydrogen-bond acceptors (Lipinski definition) is 5. The SMILES string of the molecule is O=C(CN1CCN(C(=O)c2ccc3nccnc3c2)CC1)N1CCCCC1. The van der Waals surface area contributed by atoms with Crippen LogP contribution in [0.4, 0.5) is 0 Å². The monoisotopic (exact) mass is 367 g/mol. The number of carbonyl (C=O) groups excluding carboxylic acids is 2. The fourth-order valence-corrected chi connectivity index (χ4v) is 3.82. The van der Waals surface area contributed by atoms with Crippen molar-refractivity contribution >= 4 is 22.8 Å². The summed E-state index contributed by atoms with van der Waals surface area (Å²) in [7, 11) is 0. The van der Waals surface area contributed by atoms with Crippen LogP contribution in [0.15, 0.2) is 30.6 Å². The zero-order chi connectivity index (χ0) is 18.6. The zero-order valence-electron chi connectivity index (χ0n) is 15.5. The summed E-state index contributed by atoms with van der Waals surface area (Å²) >= 11 is 0. The summed E-state index contributed by atoms with van der Waals surface area (Å²) in [6.07, 6.45) is 6.74. The van der Waals surface area contributed by atoms with Crippen LogP contribution in [0.2, 0.25) is 0 Å². The van der Waals surface area contributed by atoms with Crippen molar-refractivity contribution in [2.75, 3.05) is 45.8 Å². The first kappa shape index (κ1) is 17.9. The van der Waals surface area contributed by atoms with E-state index >= 15 is 0 Å². The van der Waals surface area contributed by atoms with Gasteiger partial charge in [0, 0.05) is 57.2 Å². The number of carbonyl (C=O) groups is 2. The first-order valence-corrected chi connectivity index (χ1v) is 9.71. The summed E-state index contributed by atoms with van der Waals surface area (Å²) in [5.74, 6) is 0.243. The topological polar surface area (TPSA) is 69.6 Å². The highest BCUT2D eigenvalue weighted by atomic mass is 16.2. The van der Waals surface area contributed by atoms with E-state index in [1.165, 1.54) is 6.42 Å². The van der Waals surface area contributed by atoms with E-state index < -0.39 is 0 Å². The number of benzene rings is 1. The molecule has 142 valence electrons. The number of piperidine rings is 1. The van der Waals surface area contributed by atoms with Crippen LogP contribution in [-0.2, 0) is 4.79 Å². The van der Waals surface area contributed by atoms with Gasteiger partial charge in [-0.1, -0.05) is 0 Å². The zero-order valence-corrected chi connectivity index (χ0v) is 15.5. The van der Waals surface area contributed by atoms with Gasteiger partial charge in [0.1, 0.15) is 0 Å². The molecule has 0 radical (unpaired) electrons. The van der Waals surface area contributed by atoms with Crippen LogP contribution in [0.5, 0.6) is 0 Å². The van der Waals surface area contributed by atoms with E-state index in [9.17, 15) is 9.59 Å². The highest BCUT2D eigenvalue weighted by Gasteiger charge is 2.25. The first-order chi connectivity index (χ1) is 13.2. The van der Waals surface area contributed by atoms with Crippen molar-refractivity contribution in [3.05, 3.63) is 36.2 Å². The Morgan fingerprint density at radius 3 is 2.26 bits per heavy atom. The number of nitrogens with zero attached hydrogens (tertiary/aromatic N) is 5. The number of fused-ring (bicyclic) bond motifs is 1. The quantitative estimate of drug-likeness (QED) is 0.820. The molecule has 4 rings (SSSR count). The lowest BCUT2D eigenvalue weighted by molar-refractivity contribution is -0.133. The summed E-state index contributed by atoms with van der Waals surface area (Å²) < 4.78 is 0. The van der Waals surface area contributed by atoms with Gasteiger partial charge in [0.15, 0.2) is 0 Å². The Hall–Kier alpha value is -2.54. The molecule has 0 bridgehead atoms.